The monoisotopic (exact) mass is 318 g/mol. The number of carbonyl (C=O) groups is 1. The number of carbonyl (C=O) groups excluding carboxylic acids is 1. The van der Waals surface area contributed by atoms with Crippen LogP contribution in [-0.4, -0.2) is 54.6 Å². The number of amides is 1. The second-order valence-electron chi connectivity index (χ2n) is 7.65. The van der Waals surface area contributed by atoms with E-state index in [0.29, 0.717) is 6.61 Å². The van der Waals surface area contributed by atoms with Gasteiger partial charge in [-0.05, 0) is 65.4 Å². The van der Waals surface area contributed by atoms with Gasteiger partial charge in [-0.25, -0.2) is 0 Å². The minimum Gasteiger partial charge on any atom is -0.374 e. The zero-order chi connectivity index (χ0) is 17.0. The molecule has 0 unspecified atom stereocenters. The summed E-state index contributed by atoms with van der Waals surface area (Å²) in [4.78, 5) is 16.9. The summed E-state index contributed by atoms with van der Waals surface area (Å²) in [5, 5.41) is 0. The van der Waals surface area contributed by atoms with Gasteiger partial charge in [0.05, 0.1) is 18.2 Å². The van der Waals surface area contributed by atoms with E-state index in [1.165, 1.54) is 5.56 Å². The maximum Gasteiger partial charge on any atom is 0.254 e. The lowest BCUT2D eigenvalue weighted by Gasteiger charge is -2.28. The van der Waals surface area contributed by atoms with E-state index in [2.05, 4.69) is 25.7 Å². The molecule has 1 aromatic carbocycles. The summed E-state index contributed by atoms with van der Waals surface area (Å²) in [5.74, 6) is 0.126. The van der Waals surface area contributed by atoms with E-state index < -0.39 is 0 Å². The van der Waals surface area contributed by atoms with Crippen LogP contribution in [0.2, 0.25) is 0 Å². The van der Waals surface area contributed by atoms with Gasteiger partial charge in [0.1, 0.15) is 0 Å². The van der Waals surface area contributed by atoms with E-state index in [0.717, 1.165) is 31.5 Å². The molecule has 1 saturated heterocycles. The predicted molar refractivity (Wildman–Crippen MR) is 93.6 cm³/mol. The highest BCUT2D eigenvalue weighted by Crippen LogP contribution is 2.22. The van der Waals surface area contributed by atoms with Crippen LogP contribution in [0.25, 0.3) is 0 Å². The van der Waals surface area contributed by atoms with Crippen molar-refractivity contribution < 1.29 is 9.53 Å². The van der Waals surface area contributed by atoms with Gasteiger partial charge < -0.3 is 14.5 Å². The van der Waals surface area contributed by atoms with Gasteiger partial charge in [0.15, 0.2) is 0 Å². The molecule has 0 N–H and O–H groups in total. The quantitative estimate of drug-likeness (QED) is 0.836. The third-order valence-electron chi connectivity index (χ3n) is 4.05. The normalized spacial score (nSPS) is 18.7. The fourth-order valence-electron chi connectivity index (χ4n) is 2.91. The van der Waals surface area contributed by atoms with Crippen LogP contribution in [0, 0.1) is 0 Å². The first-order chi connectivity index (χ1) is 10.8. The maximum absolute atomic E-state index is 12.8. The lowest BCUT2D eigenvalue weighted by Crippen LogP contribution is -2.40. The zero-order valence-electron chi connectivity index (χ0n) is 15.1. The van der Waals surface area contributed by atoms with Gasteiger partial charge in [0, 0.05) is 18.7 Å². The molecule has 1 atom stereocenters. The Bertz CT molecular complexity index is 517. The highest BCUT2D eigenvalue weighted by molar-refractivity contribution is 5.94. The van der Waals surface area contributed by atoms with E-state index in [9.17, 15) is 4.79 Å². The average molecular weight is 318 g/mol. The van der Waals surface area contributed by atoms with Crippen molar-refractivity contribution in [3.63, 3.8) is 0 Å². The number of ether oxygens (including phenoxy) is 1. The zero-order valence-corrected chi connectivity index (χ0v) is 15.1. The van der Waals surface area contributed by atoms with Gasteiger partial charge >= 0.3 is 0 Å². The van der Waals surface area contributed by atoms with Gasteiger partial charge in [-0.3, -0.25) is 4.79 Å². The van der Waals surface area contributed by atoms with E-state index in [4.69, 9.17) is 4.74 Å². The molecule has 1 heterocycles. The van der Waals surface area contributed by atoms with Gasteiger partial charge in [0.2, 0.25) is 0 Å². The Balaban J connectivity index is 2.00. The first-order valence-corrected chi connectivity index (χ1v) is 8.45. The van der Waals surface area contributed by atoms with Gasteiger partial charge in [-0.2, -0.15) is 0 Å². The Morgan fingerprint density at radius 1 is 1.26 bits per heavy atom. The van der Waals surface area contributed by atoms with Crippen molar-refractivity contribution in [1.29, 1.82) is 0 Å². The SMILES string of the molecule is CN(C)Cc1ccc(C(=O)N2CCC[C@H]2COC(C)(C)C)cc1. The summed E-state index contributed by atoms with van der Waals surface area (Å²) in [5.41, 5.74) is 1.83. The molecular weight excluding hydrogens is 288 g/mol. The smallest absolute Gasteiger partial charge is 0.254 e. The number of hydrogen-bond acceptors (Lipinski definition) is 3. The first-order valence-electron chi connectivity index (χ1n) is 8.45. The van der Waals surface area contributed by atoms with Crippen molar-refractivity contribution in [3.05, 3.63) is 35.4 Å². The molecule has 0 radical (unpaired) electrons. The summed E-state index contributed by atoms with van der Waals surface area (Å²) in [7, 11) is 4.09. The fourth-order valence-corrected chi connectivity index (χ4v) is 2.91. The van der Waals surface area contributed by atoms with Gasteiger partial charge in [-0.15, -0.1) is 0 Å². The largest absolute Gasteiger partial charge is 0.374 e. The lowest BCUT2D eigenvalue weighted by molar-refractivity contribution is -0.0258. The molecule has 0 aliphatic carbocycles. The molecular formula is C19H30N2O2. The second-order valence-corrected chi connectivity index (χ2v) is 7.65. The Morgan fingerprint density at radius 2 is 1.91 bits per heavy atom. The molecule has 0 bridgehead atoms. The van der Waals surface area contributed by atoms with E-state index in [1.54, 1.807) is 0 Å². The van der Waals surface area contributed by atoms with Crippen LogP contribution in [-0.2, 0) is 11.3 Å². The van der Waals surface area contributed by atoms with Gasteiger partial charge in [0.25, 0.3) is 5.91 Å². The summed E-state index contributed by atoms with van der Waals surface area (Å²) >= 11 is 0. The summed E-state index contributed by atoms with van der Waals surface area (Å²) < 4.78 is 5.89. The first kappa shape index (κ1) is 18.0. The molecule has 1 aliphatic heterocycles. The van der Waals surface area contributed by atoms with Crippen LogP contribution in [0.3, 0.4) is 0 Å². The van der Waals surface area contributed by atoms with Crippen LogP contribution in [0.5, 0.6) is 0 Å². The average Bonchev–Trinajstić information content (AvgIpc) is 2.92. The number of benzene rings is 1. The minimum absolute atomic E-state index is 0.126. The number of rotatable bonds is 5. The fraction of sp³-hybridized carbons (Fsp3) is 0.632. The molecule has 4 heteroatoms. The number of hydrogen-bond donors (Lipinski definition) is 0. The van der Waals surface area contributed by atoms with Crippen molar-refractivity contribution >= 4 is 5.91 Å². The topological polar surface area (TPSA) is 32.8 Å². The molecule has 23 heavy (non-hydrogen) atoms. The highest BCUT2D eigenvalue weighted by Gasteiger charge is 2.30. The molecule has 4 nitrogen and oxygen atoms in total. The van der Waals surface area contributed by atoms with Crippen LogP contribution in [0.15, 0.2) is 24.3 Å². The van der Waals surface area contributed by atoms with Crippen LogP contribution < -0.4 is 0 Å². The third kappa shape index (κ3) is 5.33. The summed E-state index contributed by atoms with van der Waals surface area (Å²) in [6.45, 7) is 8.50. The standard InChI is InChI=1S/C19H30N2O2/c1-19(2,3)23-14-17-7-6-12-21(17)18(22)16-10-8-15(9-11-16)13-20(4)5/h8-11,17H,6-7,12-14H2,1-5H3/t17-/m0/s1. The molecule has 0 spiro atoms. The van der Waals surface area contributed by atoms with Crippen LogP contribution >= 0.6 is 0 Å². The lowest BCUT2D eigenvalue weighted by atomic mass is 10.1. The third-order valence-corrected chi connectivity index (χ3v) is 4.05. The minimum atomic E-state index is -0.162. The van der Waals surface area contributed by atoms with E-state index >= 15 is 0 Å². The number of nitrogens with zero attached hydrogens (tertiary/aromatic N) is 2. The maximum atomic E-state index is 12.8. The molecule has 1 aromatic rings. The molecule has 2 rings (SSSR count). The highest BCUT2D eigenvalue weighted by atomic mass is 16.5. The van der Waals surface area contributed by atoms with Crippen molar-refractivity contribution in [1.82, 2.24) is 9.80 Å². The number of likely N-dealkylation sites (tertiary alicyclic amines) is 1. The molecule has 1 aliphatic rings. The molecule has 1 fully saturated rings. The summed E-state index contributed by atoms with van der Waals surface area (Å²) in [6, 6.07) is 8.18. The Hall–Kier alpha value is -1.39. The van der Waals surface area contributed by atoms with Crippen molar-refractivity contribution in [2.75, 3.05) is 27.2 Å². The molecule has 0 aromatic heterocycles. The second kappa shape index (κ2) is 7.45. The van der Waals surface area contributed by atoms with Crippen molar-refractivity contribution in [2.24, 2.45) is 0 Å². The summed E-state index contributed by atoms with van der Waals surface area (Å²) in [6.07, 6.45) is 2.09. The van der Waals surface area contributed by atoms with Gasteiger partial charge in [-0.1, -0.05) is 12.1 Å². The predicted octanol–water partition coefficient (Wildman–Crippen LogP) is 3.17. The van der Waals surface area contributed by atoms with Crippen molar-refractivity contribution in [3.8, 4) is 0 Å². The van der Waals surface area contributed by atoms with Crippen LogP contribution in [0.4, 0.5) is 0 Å². The molecule has 128 valence electrons. The Morgan fingerprint density at radius 3 is 2.48 bits per heavy atom. The Labute approximate surface area is 140 Å². The van der Waals surface area contributed by atoms with E-state index in [-0.39, 0.29) is 17.6 Å². The molecule has 1 amide bonds. The van der Waals surface area contributed by atoms with E-state index in [1.807, 2.05) is 43.3 Å². The van der Waals surface area contributed by atoms with Crippen LogP contribution in [0.1, 0.15) is 49.5 Å². The Kier molecular flexibility index (Phi) is 5.82. The van der Waals surface area contributed by atoms with Crippen molar-refractivity contribution in [2.45, 2.75) is 51.8 Å². The molecule has 0 saturated carbocycles.